The average molecular weight is 174 g/mol. The Balaban J connectivity index is 2.92. The predicted molar refractivity (Wildman–Crippen MR) is 51.5 cm³/mol. The standard InChI is InChI=1S/C11H10O2/c1-9(7-12)6-10-2-4-11(8-13)5-3-10/h2-8H,1H3/b9-6-. The molecular weight excluding hydrogens is 164 g/mol. The lowest BCUT2D eigenvalue weighted by Gasteiger charge is -1.94. The van der Waals surface area contributed by atoms with Crippen LogP contribution in [-0.4, -0.2) is 12.6 Å². The number of allylic oxidation sites excluding steroid dienone is 1. The summed E-state index contributed by atoms with van der Waals surface area (Å²) in [5.41, 5.74) is 2.23. The molecule has 0 amide bonds. The second-order valence-corrected chi connectivity index (χ2v) is 2.79. The van der Waals surface area contributed by atoms with Crippen LogP contribution in [0.25, 0.3) is 6.08 Å². The zero-order valence-electron chi connectivity index (χ0n) is 7.36. The van der Waals surface area contributed by atoms with Gasteiger partial charge < -0.3 is 0 Å². The van der Waals surface area contributed by atoms with Crippen molar-refractivity contribution in [2.24, 2.45) is 0 Å². The smallest absolute Gasteiger partial charge is 0.150 e. The van der Waals surface area contributed by atoms with Gasteiger partial charge in [-0.05, 0) is 24.1 Å². The van der Waals surface area contributed by atoms with Crippen LogP contribution < -0.4 is 0 Å². The van der Waals surface area contributed by atoms with E-state index in [4.69, 9.17) is 0 Å². The molecule has 1 aromatic carbocycles. The van der Waals surface area contributed by atoms with E-state index in [-0.39, 0.29) is 0 Å². The van der Waals surface area contributed by atoms with Gasteiger partial charge in [0.15, 0.2) is 0 Å². The Labute approximate surface area is 76.9 Å². The molecule has 1 rings (SSSR count). The first-order valence-electron chi connectivity index (χ1n) is 3.95. The maximum Gasteiger partial charge on any atom is 0.150 e. The molecule has 1 aromatic rings. The van der Waals surface area contributed by atoms with Crippen LogP contribution in [0, 0.1) is 0 Å². The molecule has 0 saturated heterocycles. The highest BCUT2D eigenvalue weighted by Crippen LogP contribution is 2.06. The van der Waals surface area contributed by atoms with Crippen molar-refractivity contribution in [3.05, 3.63) is 41.0 Å². The summed E-state index contributed by atoms with van der Waals surface area (Å²) in [4.78, 5) is 20.6. The van der Waals surface area contributed by atoms with Gasteiger partial charge in [-0.1, -0.05) is 24.3 Å². The summed E-state index contributed by atoms with van der Waals surface area (Å²) in [5.74, 6) is 0. The van der Waals surface area contributed by atoms with Gasteiger partial charge in [0.1, 0.15) is 12.6 Å². The molecule has 2 heteroatoms. The fourth-order valence-corrected chi connectivity index (χ4v) is 0.968. The second kappa shape index (κ2) is 4.36. The fourth-order valence-electron chi connectivity index (χ4n) is 0.968. The highest BCUT2D eigenvalue weighted by Gasteiger charge is 1.91. The molecule has 0 radical (unpaired) electrons. The van der Waals surface area contributed by atoms with Crippen molar-refractivity contribution in [2.45, 2.75) is 6.92 Å². The van der Waals surface area contributed by atoms with Crippen molar-refractivity contribution in [2.75, 3.05) is 0 Å². The topological polar surface area (TPSA) is 34.1 Å². The van der Waals surface area contributed by atoms with Crippen LogP contribution in [0.5, 0.6) is 0 Å². The maximum atomic E-state index is 10.3. The molecule has 0 bridgehead atoms. The first-order chi connectivity index (χ1) is 6.26. The molecule has 0 unspecified atom stereocenters. The minimum Gasteiger partial charge on any atom is -0.298 e. The van der Waals surface area contributed by atoms with Gasteiger partial charge in [0, 0.05) is 5.56 Å². The van der Waals surface area contributed by atoms with E-state index in [1.165, 1.54) is 0 Å². The molecule has 2 nitrogen and oxygen atoms in total. The Hall–Kier alpha value is -1.70. The lowest BCUT2D eigenvalue weighted by atomic mass is 10.1. The third-order valence-corrected chi connectivity index (χ3v) is 1.65. The minimum atomic E-state index is 0.640. The van der Waals surface area contributed by atoms with Crippen molar-refractivity contribution < 1.29 is 9.59 Å². The Bertz CT molecular complexity index is 334. The van der Waals surface area contributed by atoms with E-state index in [0.717, 1.165) is 18.1 Å². The summed E-state index contributed by atoms with van der Waals surface area (Å²) in [6.07, 6.45) is 3.36. The van der Waals surface area contributed by atoms with Gasteiger partial charge in [0.2, 0.25) is 0 Å². The van der Waals surface area contributed by atoms with Crippen LogP contribution in [0.15, 0.2) is 29.8 Å². The van der Waals surface area contributed by atoms with E-state index in [9.17, 15) is 9.59 Å². The van der Waals surface area contributed by atoms with Gasteiger partial charge in [-0.2, -0.15) is 0 Å². The summed E-state index contributed by atoms with van der Waals surface area (Å²) >= 11 is 0. The molecule has 0 aliphatic heterocycles. The quantitative estimate of drug-likeness (QED) is 0.519. The number of hydrogen-bond acceptors (Lipinski definition) is 2. The molecule has 0 aromatic heterocycles. The predicted octanol–water partition coefficient (Wildman–Crippen LogP) is 2.10. The highest BCUT2D eigenvalue weighted by atomic mass is 16.1. The number of aldehydes is 2. The Kier molecular flexibility index (Phi) is 3.15. The summed E-state index contributed by atoms with van der Waals surface area (Å²) < 4.78 is 0. The molecule has 0 atom stereocenters. The van der Waals surface area contributed by atoms with Gasteiger partial charge in [-0.15, -0.1) is 0 Å². The van der Waals surface area contributed by atoms with Gasteiger partial charge in [0.05, 0.1) is 0 Å². The number of hydrogen-bond donors (Lipinski definition) is 0. The Morgan fingerprint density at radius 1 is 1.08 bits per heavy atom. The summed E-state index contributed by atoms with van der Waals surface area (Å²) in [7, 11) is 0. The number of rotatable bonds is 3. The minimum absolute atomic E-state index is 0.640. The normalized spacial score (nSPS) is 11.0. The fraction of sp³-hybridized carbons (Fsp3) is 0.0909. The SMILES string of the molecule is C/C(C=O)=C/c1ccc(C=O)cc1. The zero-order valence-corrected chi connectivity index (χ0v) is 7.36. The van der Waals surface area contributed by atoms with Crippen LogP contribution >= 0.6 is 0 Å². The van der Waals surface area contributed by atoms with Crippen molar-refractivity contribution in [1.29, 1.82) is 0 Å². The molecule has 0 aliphatic carbocycles. The highest BCUT2D eigenvalue weighted by molar-refractivity contribution is 5.81. The van der Waals surface area contributed by atoms with Crippen LogP contribution in [0.1, 0.15) is 22.8 Å². The molecule has 0 aliphatic rings. The number of carbonyl (C=O) groups excluding carboxylic acids is 2. The molecular formula is C11H10O2. The van der Waals surface area contributed by atoms with Crippen molar-refractivity contribution in [3.63, 3.8) is 0 Å². The molecule has 0 fully saturated rings. The molecule has 66 valence electrons. The van der Waals surface area contributed by atoms with Crippen LogP contribution in [0.2, 0.25) is 0 Å². The Morgan fingerprint density at radius 3 is 2.08 bits per heavy atom. The van der Waals surface area contributed by atoms with Crippen LogP contribution in [0.3, 0.4) is 0 Å². The monoisotopic (exact) mass is 174 g/mol. The van der Waals surface area contributed by atoms with E-state index >= 15 is 0 Å². The first kappa shape index (κ1) is 9.39. The van der Waals surface area contributed by atoms with Crippen molar-refractivity contribution in [3.8, 4) is 0 Å². The number of benzene rings is 1. The maximum absolute atomic E-state index is 10.3. The third kappa shape index (κ3) is 2.67. The summed E-state index contributed by atoms with van der Waals surface area (Å²) in [5, 5.41) is 0. The van der Waals surface area contributed by atoms with Crippen LogP contribution in [0.4, 0.5) is 0 Å². The van der Waals surface area contributed by atoms with Gasteiger partial charge in [-0.3, -0.25) is 9.59 Å². The van der Waals surface area contributed by atoms with Gasteiger partial charge in [0.25, 0.3) is 0 Å². The largest absolute Gasteiger partial charge is 0.298 e. The first-order valence-corrected chi connectivity index (χ1v) is 3.95. The average Bonchev–Trinajstić information content (AvgIpc) is 2.19. The van der Waals surface area contributed by atoms with E-state index in [1.807, 2.05) is 0 Å². The second-order valence-electron chi connectivity index (χ2n) is 2.79. The number of carbonyl (C=O) groups is 2. The van der Waals surface area contributed by atoms with E-state index < -0.39 is 0 Å². The lowest BCUT2D eigenvalue weighted by molar-refractivity contribution is -0.104. The van der Waals surface area contributed by atoms with Gasteiger partial charge >= 0.3 is 0 Å². The van der Waals surface area contributed by atoms with E-state index in [1.54, 1.807) is 37.3 Å². The Morgan fingerprint density at radius 2 is 1.62 bits per heavy atom. The molecule has 13 heavy (non-hydrogen) atoms. The summed E-state index contributed by atoms with van der Waals surface area (Å²) in [6, 6.07) is 7.04. The lowest BCUT2D eigenvalue weighted by Crippen LogP contribution is -1.81. The van der Waals surface area contributed by atoms with Crippen molar-refractivity contribution >= 4 is 18.6 Å². The van der Waals surface area contributed by atoms with E-state index in [0.29, 0.717) is 11.1 Å². The van der Waals surface area contributed by atoms with Crippen molar-refractivity contribution in [1.82, 2.24) is 0 Å². The molecule has 0 N–H and O–H groups in total. The molecule has 0 spiro atoms. The van der Waals surface area contributed by atoms with E-state index in [2.05, 4.69) is 0 Å². The zero-order chi connectivity index (χ0) is 9.68. The summed E-state index contributed by atoms with van der Waals surface area (Å²) in [6.45, 7) is 1.74. The molecule has 0 saturated carbocycles. The van der Waals surface area contributed by atoms with Crippen LogP contribution in [-0.2, 0) is 4.79 Å². The molecule has 0 heterocycles. The third-order valence-electron chi connectivity index (χ3n) is 1.65. The van der Waals surface area contributed by atoms with Gasteiger partial charge in [-0.25, -0.2) is 0 Å².